The number of hydrogen-bond donors (Lipinski definition) is 1. The molecule has 3 aromatic rings. The fraction of sp³-hybridized carbons (Fsp3) is 0.415. The number of carbonyl (C=O) groups excluding carboxylic acids is 1. The summed E-state index contributed by atoms with van der Waals surface area (Å²) in [5.74, 6) is 0.0838. The van der Waals surface area contributed by atoms with E-state index in [4.69, 9.17) is 15.0 Å². The Labute approximate surface area is 293 Å². The zero-order valence-electron chi connectivity index (χ0n) is 30.8. The molecule has 0 fully saturated rings. The third-order valence-corrected chi connectivity index (χ3v) is 8.19. The van der Waals surface area contributed by atoms with Crippen LogP contribution >= 0.6 is 0 Å². The van der Waals surface area contributed by atoms with Crippen LogP contribution in [0.1, 0.15) is 100 Å². The van der Waals surface area contributed by atoms with Gasteiger partial charge in [-0.2, -0.15) is 0 Å². The molecule has 0 aliphatic heterocycles. The molecule has 1 heterocycles. The van der Waals surface area contributed by atoms with Gasteiger partial charge in [-0.1, -0.05) is 83.0 Å². The van der Waals surface area contributed by atoms with Crippen molar-refractivity contribution in [1.82, 2.24) is 4.98 Å². The van der Waals surface area contributed by atoms with Crippen molar-refractivity contribution in [3.8, 4) is 0 Å². The Morgan fingerprint density at radius 1 is 0.702 bits per heavy atom. The molecule has 0 bridgehead atoms. The van der Waals surface area contributed by atoms with Gasteiger partial charge in [0.1, 0.15) is 0 Å². The Morgan fingerprint density at radius 3 is 1.43 bits per heavy atom. The Morgan fingerprint density at radius 2 is 1.09 bits per heavy atom. The van der Waals surface area contributed by atoms with Crippen LogP contribution in [0.3, 0.4) is 0 Å². The molecule has 1 unspecified atom stereocenters. The van der Waals surface area contributed by atoms with Crippen LogP contribution < -0.4 is 0 Å². The van der Waals surface area contributed by atoms with E-state index in [0.29, 0.717) is 0 Å². The number of benzene rings is 2. The molecule has 2 aromatic carbocycles. The van der Waals surface area contributed by atoms with Crippen molar-refractivity contribution in [1.29, 1.82) is 0 Å². The minimum Gasteiger partial charge on any atom is -0.376 e. The second-order valence-corrected chi connectivity index (χ2v) is 14.8. The van der Waals surface area contributed by atoms with Crippen LogP contribution in [0, 0.1) is 52.4 Å². The molecular formula is C41H54CoN3O2+. The Bertz CT molecular complexity index is 1630. The summed E-state index contributed by atoms with van der Waals surface area (Å²) < 4.78 is 0. The summed E-state index contributed by atoms with van der Waals surface area (Å²) in [6, 6.07) is 14.7. The molecule has 1 atom stereocenters. The van der Waals surface area contributed by atoms with Crippen LogP contribution in [0.4, 0.5) is 11.4 Å². The molecule has 0 saturated heterocycles. The summed E-state index contributed by atoms with van der Waals surface area (Å²) in [5, 5.41) is 9.84. The van der Waals surface area contributed by atoms with Crippen molar-refractivity contribution < 1.29 is 26.7 Å². The molecule has 1 aliphatic rings. The number of pyridine rings is 1. The molecule has 1 radical (unpaired) electrons. The van der Waals surface area contributed by atoms with E-state index in [1.165, 1.54) is 33.4 Å². The first kappa shape index (κ1) is 39.7. The SMILES string of the molecule is CC(=Nc1c(C)cc(C)cc1C)c1cccc(C(C)=Nc2c(C)cc(C)cc2C)n1.CC(C)(C)C1=CC(O)C(=[OH+])C(C(C)(C)C)=C1.[Co]. The molecule has 0 spiro atoms. The van der Waals surface area contributed by atoms with Gasteiger partial charge in [0.2, 0.25) is 0 Å². The number of aliphatic imine (C=N–C) groups is 2. The van der Waals surface area contributed by atoms with E-state index in [1.54, 1.807) is 6.08 Å². The summed E-state index contributed by atoms with van der Waals surface area (Å²) in [6.45, 7) is 29.1. The molecule has 0 amide bonds. The van der Waals surface area contributed by atoms with Crippen LogP contribution in [0.25, 0.3) is 0 Å². The second-order valence-electron chi connectivity index (χ2n) is 14.8. The van der Waals surface area contributed by atoms with Gasteiger partial charge >= 0.3 is 5.78 Å². The largest absolute Gasteiger partial charge is 0.376 e. The maximum atomic E-state index is 9.91. The zero-order chi connectivity index (χ0) is 34.7. The molecular weight excluding hydrogens is 625 g/mol. The van der Waals surface area contributed by atoms with Gasteiger partial charge < -0.3 is 5.11 Å². The van der Waals surface area contributed by atoms with Crippen molar-refractivity contribution in [2.24, 2.45) is 20.8 Å². The monoisotopic (exact) mass is 679 g/mol. The number of aromatic nitrogens is 1. The Kier molecular flexibility index (Phi) is 13.2. The molecule has 5 nitrogen and oxygen atoms in total. The van der Waals surface area contributed by atoms with E-state index in [0.717, 1.165) is 45.3 Å². The van der Waals surface area contributed by atoms with Crippen LogP contribution in [0.2, 0.25) is 0 Å². The standard InChI is InChI=1S/C27H31N3.C14H22O2.Co/c1-16-12-18(3)26(19(4)13-16)28-22(7)24-10-9-11-25(30-24)23(8)29-27-20(5)14-17(2)15-21(27)6;1-13(2,3)9-7-10(14(4,5)6)12(16)11(15)8-9;/h9-15H,1-8H3;7-8,11,15H,1-6H3;/p+1. The Hall–Kier alpha value is -3.45. The Balaban J connectivity index is 0.000000384. The second kappa shape index (κ2) is 15.6. The van der Waals surface area contributed by atoms with Crippen LogP contribution in [0.15, 0.2) is 75.7 Å². The number of ketones is 1. The number of allylic oxidation sites excluding steroid dienone is 2. The topological polar surface area (TPSA) is 79.2 Å². The summed E-state index contributed by atoms with van der Waals surface area (Å²) in [7, 11) is 0. The summed E-state index contributed by atoms with van der Waals surface area (Å²) in [6.07, 6.45) is 2.86. The van der Waals surface area contributed by atoms with E-state index in [-0.39, 0.29) is 33.4 Å². The predicted molar refractivity (Wildman–Crippen MR) is 197 cm³/mol. The molecule has 1 aromatic heterocycles. The molecule has 47 heavy (non-hydrogen) atoms. The first-order valence-corrected chi connectivity index (χ1v) is 16.1. The summed E-state index contributed by atoms with van der Waals surface area (Å²) in [4.78, 5) is 24.6. The number of hydrogen-bond acceptors (Lipinski definition) is 4. The maximum Gasteiger partial charge on any atom is 0.352 e. The van der Waals surface area contributed by atoms with Gasteiger partial charge in [0.05, 0.1) is 39.8 Å². The van der Waals surface area contributed by atoms with Crippen LogP contribution in [-0.2, 0) is 16.8 Å². The number of aryl methyl sites for hydroxylation is 6. The summed E-state index contributed by atoms with van der Waals surface area (Å²) >= 11 is 0. The normalized spacial score (nSPS) is 15.7. The average molecular weight is 680 g/mol. The number of aliphatic hydroxyl groups is 1. The molecule has 2 N–H and O–H groups in total. The molecule has 4 rings (SSSR count). The van der Waals surface area contributed by atoms with E-state index < -0.39 is 6.10 Å². The van der Waals surface area contributed by atoms with Gasteiger partial charge in [-0.15, -0.1) is 0 Å². The number of aliphatic hydroxyl groups excluding tert-OH is 1. The maximum absolute atomic E-state index is 9.91. The van der Waals surface area contributed by atoms with Gasteiger partial charge in [0, 0.05) is 16.8 Å². The first-order chi connectivity index (χ1) is 21.2. The summed E-state index contributed by atoms with van der Waals surface area (Å²) in [5.41, 5.74) is 14.6. The van der Waals surface area contributed by atoms with Gasteiger partial charge in [0.15, 0.2) is 6.10 Å². The predicted octanol–water partition coefficient (Wildman–Crippen LogP) is 10.1. The fourth-order valence-corrected chi connectivity index (χ4v) is 5.74. The van der Waals surface area contributed by atoms with Gasteiger partial charge in [-0.25, -0.2) is 4.98 Å². The van der Waals surface area contributed by atoms with Gasteiger partial charge in [0.25, 0.3) is 0 Å². The van der Waals surface area contributed by atoms with Gasteiger partial charge in [-0.05, 0) is 118 Å². The fourth-order valence-electron chi connectivity index (χ4n) is 5.74. The van der Waals surface area contributed by atoms with E-state index in [2.05, 4.69) is 86.6 Å². The minimum atomic E-state index is -0.867. The number of nitrogens with zero attached hydrogens (tertiary/aromatic N) is 3. The van der Waals surface area contributed by atoms with Crippen LogP contribution in [0.5, 0.6) is 0 Å². The third kappa shape index (κ3) is 10.3. The van der Waals surface area contributed by atoms with Crippen molar-refractivity contribution >= 4 is 28.6 Å². The molecule has 6 heteroatoms. The van der Waals surface area contributed by atoms with Crippen molar-refractivity contribution in [3.63, 3.8) is 0 Å². The quantitative estimate of drug-likeness (QED) is 0.220. The van der Waals surface area contributed by atoms with Crippen molar-refractivity contribution in [2.45, 2.75) is 103 Å². The minimum absolute atomic E-state index is 0. The van der Waals surface area contributed by atoms with E-state index >= 15 is 0 Å². The van der Waals surface area contributed by atoms with Crippen LogP contribution in [-0.4, -0.2) is 38.2 Å². The molecule has 253 valence electrons. The first-order valence-electron chi connectivity index (χ1n) is 16.1. The van der Waals surface area contributed by atoms with E-state index in [9.17, 15) is 9.90 Å². The van der Waals surface area contributed by atoms with Gasteiger partial charge in [-0.3, -0.25) is 14.8 Å². The van der Waals surface area contributed by atoms with E-state index in [1.807, 2.05) is 58.9 Å². The van der Waals surface area contributed by atoms with Crippen molar-refractivity contribution in [2.75, 3.05) is 0 Å². The third-order valence-electron chi connectivity index (χ3n) is 8.19. The smallest absolute Gasteiger partial charge is 0.352 e. The number of rotatable bonds is 4. The van der Waals surface area contributed by atoms with Crippen molar-refractivity contribution in [3.05, 3.63) is 111 Å². The molecule has 0 saturated carbocycles. The average Bonchev–Trinajstić information content (AvgIpc) is 2.93. The zero-order valence-corrected chi connectivity index (χ0v) is 31.9. The molecule has 1 aliphatic carbocycles.